The molecule has 5 aliphatic carbocycles. The van der Waals surface area contributed by atoms with Crippen LogP contribution in [0.3, 0.4) is 0 Å². The lowest BCUT2D eigenvalue weighted by molar-refractivity contribution is -0.161. The molecule has 5 saturated carbocycles. The van der Waals surface area contributed by atoms with Gasteiger partial charge in [-0.25, -0.2) is 0 Å². The first-order valence-electron chi connectivity index (χ1n) is 11.2. The van der Waals surface area contributed by atoms with Crippen LogP contribution in [0.15, 0.2) is 0 Å². The summed E-state index contributed by atoms with van der Waals surface area (Å²) < 4.78 is 9.63. The van der Waals surface area contributed by atoms with Gasteiger partial charge in [0.2, 0.25) is 0 Å². The lowest BCUT2D eigenvalue weighted by Gasteiger charge is -2.42. The van der Waals surface area contributed by atoms with Gasteiger partial charge >= 0.3 is 24.4 Å². The molecule has 11 atom stereocenters. The van der Waals surface area contributed by atoms with E-state index in [9.17, 15) is 24.0 Å². The first-order chi connectivity index (χ1) is 14.3. The van der Waals surface area contributed by atoms with E-state index in [1.54, 1.807) is 0 Å². The number of Topliss-reactive ketones (excluding diaryl/α,β-unsaturated/α-hetero) is 1. The Hall–Kier alpha value is -2.05. The van der Waals surface area contributed by atoms with Crippen LogP contribution in [0.1, 0.15) is 46.0 Å². The van der Waals surface area contributed by atoms with Gasteiger partial charge in [-0.15, -0.1) is 0 Å². The predicted molar refractivity (Wildman–Crippen MR) is 99.0 cm³/mol. The number of hydrogen-bond acceptors (Lipinski definition) is 7. The standard InChI is InChI=1S/C23H26O7/c1-9-12-7-23(17(9)16-15(12)19(26)30-20(16)27)4-3-22(21(23)28)6-11-5-13(22)10(2)14(11)18(25)29-8-24/h8-17H,3-7H2,1-2H3/t9-,10?,11?,12?,13?,14?,15?,16?,17?,22?,23?/m0/s1. The third-order valence-corrected chi connectivity index (χ3v) is 10.4. The van der Waals surface area contributed by atoms with Crippen molar-refractivity contribution in [3.63, 3.8) is 0 Å². The summed E-state index contributed by atoms with van der Waals surface area (Å²) in [6.07, 6.45) is 3.73. The fourth-order valence-corrected chi connectivity index (χ4v) is 9.67. The van der Waals surface area contributed by atoms with Crippen molar-refractivity contribution in [1.82, 2.24) is 0 Å². The van der Waals surface area contributed by atoms with Crippen LogP contribution in [0.25, 0.3) is 0 Å². The van der Waals surface area contributed by atoms with Crippen molar-refractivity contribution < 1.29 is 33.4 Å². The molecular weight excluding hydrogens is 388 g/mol. The molecule has 6 rings (SSSR count). The first-order valence-corrected chi connectivity index (χ1v) is 11.2. The number of rotatable bonds is 2. The molecule has 4 bridgehead atoms. The molecule has 0 N–H and O–H groups in total. The van der Waals surface area contributed by atoms with Gasteiger partial charge in [-0.1, -0.05) is 13.8 Å². The number of fused-ring (bicyclic) bond motifs is 9. The second-order valence-corrected chi connectivity index (χ2v) is 10.9. The van der Waals surface area contributed by atoms with Crippen molar-refractivity contribution in [2.75, 3.05) is 0 Å². The minimum absolute atomic E-state index is 0.00270. The summed E-state index contributed by atoms with van der Waals surface area (Å²) >= 11 is 0. The Bertz CT molecular complexity index is 907. The first kappa shape index (κ1) is 18.7. The van der Waals surface area contributed by atoms with Crippen LogP contribution in [-0.2, 0) is 33.4 Å². The normalized spacial score (nSPS) is 55.0. The Morgan fingerprint density at radius 1 is 1.03 bits per heavy atom. The van der Waals surface area contributed by atoms with Crippen LogP contribution in [0.5, 0.6) is 0 Å². The van der Waals surface area contributed by atoms with Crippen molar-refractivity contribution in [3.05, 3.63) is 0 Å². The highest BCUT2D eigenvalue weighted by Gasteiger charge is 2.78. The molecule has 0 amide bonds. The monoisotopic (exact) mass is 414 g/mol. The molecule has 2 spiro atoms. The highest BCUT2D eigenvalue weighted by Crippen LogP contribution is 2.76. The molecule has 10 unspecified atom stereocenters. The van der Waals surface area contributed by atoms with Gasteiger partial charge in [0.15, 0.2) is 0 Å². The van der Waals surface area contributed by atoms with E-state index in [-0.39, 0.29) is 59.6 Å². The molecular formula is C23H26O7. The topological polar surface area (TPSA) is 104 Å². The number of cyclic esters (lactones) is 2. The third-order valence-electron chi connectivity index (χ3n) is 10.4. The van der Waals surface area contributed by atoms with Crippen molar-refractivity contribution >= 4 is 30.2 Å². The largest absolute Gasteiger partial charge is 0.395 e. The lowest BCUT2D eigenvalue weighted by Crippen LogP contribution is -2.48. The smallest absolute Gasteiger partial charge is 0.317 e. The van der Waals surface area contributed by atoms with Gasteiger partial charge < -0.3 is 9.47 Å². The third kappa shape index (κ3) is 1.83. The van der Waals surface area contributed by atoms with E-state index >= 15 is 0 Å². The fourth-order valence-electron chi connectivity index (χ4n) is 9.67. The summed E-state index contributed by atoms with van der Waals surface area (Å²) in [6, 6.07) is 0. The molecule has 1 heterocycles. The number of carbonyl (C=O) groups excluding carboxylic acids is 5. The molecule has 1 saturated heterocycles. The molecule has 6 aliphatic rings. The van der Waals surface area contributed by atoms with E-state index in [0.717, 1.165) is 19.3 Å². The fraction of sp³-hybridized carbons (Fsp3) is 0.783. The van der Waals surface area contributed by atoms with Gasteiger partial charge in [-0.3, -0.25) is 24.0 Å². The van der Waals surface area contributed by atoms with Crippen molar-refractivity contribution in [1.29, 1.82) is 0 Å². The van der Waals surface area contributed by atoms with E-state index < -0.39 is 34.7 Å². The maximum atomic E-state index is 14.2. The average Bonchev–Trinajstić information content (AvgIpc) is 3.48. The Morgan fingerprint density at radius 3 is 2.43 bits per heavy atom. The van der Waals surface area contributed by atoms with Crippen LogP contribution >= 0.6 is 0 Å². The Kier molecular flexibility index (Phi) is 3.49. The van der Waals surface area contributed by atoms with E-state index in [4.69, 9.17) is 4.74 Å². The number of hydrogen-bond donors (Lipinski definition) is 0. The van der Waals surface area contributed by atoms with E-state index in [1.165, 1.54) is 0 Å². The molecule has 160 valence electrons. The quantitative estimate of drug-likeness (QED) is 0.386. The van der Waals surface area contributed by atoms with Crippen molar-refractivity contribution in [2.24, 2.45) is 64.1 Å². The molecule has 7 heteroatoms. The van der Waals surface area contributed by atoms with Crippen LogP contribution in [-0.4, -0.2) is 30.2 Å². The van der Waals surface area contributed by atoms with Gasteiger partial charge in [0.1, 0.15) is 5.78 Å². The molecule has 0 radical (unpaired) electrons. The van der Waals surface area contributed by atoms with Gasteiger partial charge in [-0.2, -0.15) is 0 Å². The number of carbonyl (C=O) groups is 5. The maximum Gasteiger partial charge on any atom is 0.317 e. The molecule has 0 aromatic carbocycles. The van der Waals surface area contributed by atoms with Crippen LogP contribution in [0, 0.1) is 64.1 Å². The number of ether oxygens (including phenoxy) is 2. The van der Waals surface area contributed by atoms with Crippen LogP contribution in [0.4, 0.5) is 0 Å². The Balaban J connectivity index is 1.33. The predicted octanol–water partition coefficient (Wildman–Crippen LogP) is 1.92. The van der Waals surface area contributed by atoms with Crippen molar-refractivity contribution in [2.45, 2.75) is 46.0 Å². The summed E-state index contributed by atoms with van der Waals surface area (Å²) in [5.74, 6) is -1.89. The van der Waals surface area contributed by atoms with Gasteiger partial charge in [0.25, 0.3) is 0 Å². The van der Waals surface area contributed by atoms with Crippen LogP contribution in [0.2, 0.25) is 0 Å². The second-order valence-electron chi connectivity index (χ2n) is 10.9. The second kappa shape index (κ2) is 5.60. The van der Waals surface area contributed by atoms with Gasteiger partial charge in [0, 0.05) is 10.8 Å². The average molecular weight is 414 g/mol. The van der Waals surface area contributed by atoms with Crippen LogP contribution < -0.4 is 0 Å². The minimum Gasteiger partial charge on any atom is -0.395 e. The Morgan fingerprint density at radius 2 is 1.73 bits per heavy atom. The highest BCUT2D eigenvalue weighted by atomic mass is 16.6. The molecule has 0 aromatic rings. The summed E-state index contributed by atoms with van der Waals surface area (Å²) in [5.41, 5.74) is -0.966. The molecule has 1 aliphatic heterocycles. The van der Waals surface area contributed by atoms with E-state index in [0.29, 0.717) is 12.8 Å². The summed E-state index contributed by atoms with van der Waals surface area (Å²) in [7, 11) is 0. The number of esters is 3. The molecule has 6 fully saturated rings. The summed E-state index contributed by atoms with van der Waals surface area (Å²) in [6.45, 7) is 4.30. The molecule has 7 nitrogen and oxygen atoms in total. The summed E-state index contributed by atoms with van der Waals surface area (Å²) in [5, 5.41) is 0. The van der Waals surface area contributed by atoms with Gasteiger partial charge in [0.05, 0.1) is 17.8 Å². The SMILES string of the molecule is CC1C(C(=O)OC=O)C2CC1C1(CCC3(CC4C5C(=O)OC(=O)C5C3[C@H]4C)C1=O)C2. The van der Waals surface area contributed by atoms with E-state index in [2.05, 4.69) is 11.7 Å². The maximum absolute atomic E-state index is 14.2. The van der Waals surface area contributed by atoms with Crippen molar-refractivity contribution in [3.8, 4) is 0 Å². The molecule has 30 heavy (non-hydrogen) atoms. The Labute approximate surface area is 174 Å². The van der Waals surface area contributed by atoms with Gasteiger partial charge in [-0.05, 0) is 67.6 Å². The lowest BCUT2D eigenvalue weighted by atomic mass is 9.58. The zero-order valence-electron chi connectivity index (χ0n) is 17.2. The minimum atomic E-state index is -0.530. The number of ketones is 1. The highest BCUT2D eigenvalue weighted by molar-refractivity contribution is 6.01. The van der Waals surface area contributed by atoms with E-state index in [1.807, 2.05) is 6.92 Å². The zero-order valence-corrected chi connectivity index (χ0v) is 17.2. The summed E-state index contributed by atoms with van der Waals surface area (Å²) in [4.78, 5) is 61.9. The molecule has 0 aromatic heterocycles. The zero-order chi connectivity index (χ0) is 21.2.